The number of carbonyl (C=O) groups is 2. The predicted molar refractivity (Wildman–Crippen MR) is 100 cm³/mol. The van der Waals surface area contributed by atoms with Crippen LogP contribution in [-0.4, -0.2) is 27.2 Å². The fraction of sp³-hybridized carbons (Fsp3) is 0.421. The predicted octanol–water partition coefficient (Wildman–Crippen LogP) is 3.04. The van der Waals surface area contributed by atoms with Crippen molar-refractivity contribution in [1.82, 2.24) is 15.1 Å². The minimum atomic E-state index is -0.945. The number of nitrogens with one attached hydrogen (secondary N) is 1. The first kappa shape index (κ1) is 18.6. The highest BCUT2D eigenvalue weighted by atomic mass is 79.9. The zero-order valence-corrected chi connectivity index (χ0v) is 16.5. The maximum Gasteiger partial charge on any atom is 0.332 e. The molecule has 0 spiro atoms. The number of esters is 1. The third-order valence-corrected chi connectivity index (χ3v) is 5.10. The largest absolute Gasteiger partial charge is 0.459 e. The standard InChI is InChI=1S/C19H22BrN3O3/c1-13(24)22-19(2,16-5-6-16)18(25)26-12-15-9-21-23(11-15)10-14-3-7-17(20)8-4-14/h3-4,7-9,11,16H,5-6,10,12H2,1-2H3,(H,22,24). The van der Waals surface area contributed by atoms with E-state index in [1.807, 2.05) is 30.5 Å². The van der Waals surface area contributed by atoms with E-state index in [0.717, 1.165) is 28.4 Å². The van der Waals surface area contributed by atoms with Crippen LogP contribution >= 0.6 is 15.9 Å². The summed E-state index contributed by atoms with van der Waals surface area (Å²) < 4.78 is 8.30. The van der Waals surface area contributed by atoms with E-state index in [1.165, 1.54) is 6.92 Å². The molecule has 1 saturated carbocycles. The van der Waals surface area contributed by atoms with Gasteiger partial charge in [0.25, 0.3) is 0 Å². The van der Waals surface area contributed by atoms with Crippen LogP contribution in [0, 0.1) is 5.92 Å². The first-order chi connectivity index (χ1) is 12.4. The summed E-state index contributed by atoms with van der Waals surface area (Å²) in [6, 6.07) is 8.03. The van der Waals surface area contributed by atoms with Crippen LogP contribution in [0.25, 0.3) is 0 Å². The van der Waals surface area contributed by atoms with Crippen molar-refractivity contribution in [3.63, 3.8) is 0 Å². The van der Waals surface area contributed by atoms with Crippen molar-refractivity contribution >= 4 is 27.8 Å². The molecule has 0 bridgehead atoms. The third-order valence-electron chi connectivity index (χ3n) is 4.57. The topological polar surface area (TPSA) is 73.2 Å². The fourth-order valence-electron chi connectivity index (χ4n) is 2.99. The summed E-state index contributed by atoms with van der Waals surface area (Å²) in [5.74, 6) is -0.464. The summed E-state index contributed by atoms with van der Waals surface area (Å²) in [5, 5.41) is 7.07. The van der Waals surface area contributed by atoms with E-state index in [9.17, 15) is 9.59 Å². The van der Waals surface area contributed by atoms with Crippen molar-refractivity contribution in [1.29, 1.82) is 0 Å². The first-order valence-electron chi connectivity index (χ1n) is 8.58. The lowest BCUT2D eigenvalue weighted by molar-refractivity contribution is -0.155. The molecular weight excluding hydrogens is 398 g/mol. The van der Waals surface area contributed by atoms with Crippen LogP contribution in [0.1, 0.15) is 37.8 Å². The molecule has 1 unspecified atom stereocenters. The van der Waals surface area contributed by atoms with Crippen LogP contribution in [-0.2, 0) is 27.5 Å². The molecule has 1 aliphatic carbocycles. The molecule has 1 atom stereocenters. The molecule has 6 nitrogen and oxygen atoms in total. The number of halogens is 1. The lowest BCUT2D eigenvalue weighted by Crippen LogP contribution is -2.54. The van der Waals surface area contributed by atoms with Gasteiger partial charge in [0.15, 0.2) is 0 Å². The van der Waals surface area contributed by atoms with Crippen molar-refractivity contribution in [2.45, 2.75) is 45.4 Å². The highest BCUT2D eigenvalue weighted by molar-refractivity contribution is 9.10. The lowest BCUT2D eigenvalue weighted by Gasteiger charge is -2.27. The summed E-state index contributed by atoms with van der Waals surface area (Å²) in [6.07, 6.45) is 5.41. The van der Waals surface area contributed by atoms with Gasteiger partial charge in [0, 0.05) is 23.2 Å². The molecule has 1 fully saturated rings. The Balaban J connectivity index is 1.57. The normalized spacial score (nSPS) is 16.0. The lowest BCUT2D eigenvalue weighted by atomic mass is 9.96. The van der Waals surface area contributed by atoms with E-state index in [2.05, 4.69) is 26.3 Å². The Labute approximate surface area is 161 Å². The molecule has 1 amide bonds. The number of benzene rings is 1. The van der Waals surface area contributed by atoms with Crippen molar-refractivity contribution in [3.8, 4) is 0 Å². The monoisotopic (exact) mass is 419 g/mol. The number of amides is 1. The summed E-state index contributed by atoms with van der Waals surface area (Å²) in [6.45, 7) is 3.94. The van der Waals surface area contributed by atoms with Gasteiger partial charge in [-0.25, -0.2) is 4.79 Å². The smallest absolute Gasteiger partial charge is 0.332 e. The first-order valence-corrected chi connectivity index (χ1v) is 9.38. The second kappa shape index (κ2) is 7.61. The van der Waals surface area contributed by atoms with E-state index in [0.29, 0.717) is 6.54 Å². The average molecular weight is 420 g/mol. The molecule has 1 aliphatic rings. The van der Waals surface area contributed by atoms with Gasteiger partial charge in [-0.3, -0.25) is 9.48 Å². The summed E-state index contributed by atoms with van der Waals surface area (Å²) >= 11 is 3.42. The molecule has 7 heteroatoms. The van der Waals surface area contributed by atoms with Gasteiger partial charge in [0.05, 0.1) is 12.7 Å². The van der Waals surface area contributed by atoms with Gasteiger partial charge in [0.2, 0.25) is 5.91 Å². The molecule has 1 heterocycles. The number of ether oxygens (including phenoxy) is 1. The number of nitrogens with zero attached hydrogens (tertiary/aromatic N) is 2. The Morgan fingerprint density at radius 2 is 2.00 bits per heavy atom. The van der Waals surface area contributed by atoms with Gasteiger partial charge in [-0.1, -0.05) is 28.1 Å². The zero-order valence-electron chi connectivity index (χ0n) is 14.9. The van der Waals surface area contributed by atoms with Gasteiger partial charge in [-0.05, 0) is 43.4 Å². The second-order valence-corrected chi connectivity index (χ2v) is 7.82. The minimum absolute atomic E-state index is 0.140. The van der Waals surface area contributed by atoms with Gasteiger partial charge in [-0.2, -0.15) is 5.10 Å². The Kier molecular flexibility index (Phi) is 5.46. The Morgan fingerprint density at radius 1 is 1.31 bits per heavy atom. The molecule has 138 valence electrons. The highest BCUT2D eigenvalue weighted by Gasteiger charge is 2.49. The van der Waals surface area contributed by atoms with Crippen LogP contribution in [0.3, 0.4) is 0 Å². The average Bonchev–Trinajstić information content (AvgIpc) is 3.36. The molecule has 0 radical (unpaired) electrons. The summed E-state index contributed by atoms with van der Waals surface area (Å²) in [4.78, 5) is 23.9. The second-order valence-electron chi connectivity index (χ2n) is 6.91. The number of rotatable bonds is 7. The summed E-state index contributed by atoms with van der Waals surface area (Å²) in [5.41, 5.74) is 1.00. The fourth-order valence-corrected chi connectivity index (χ4v) is 3.25. The molecule has 3 rings (SSSR count). The van der Waals surface area contributed by atoms with Crippen molar-refractivity contribution < 1.29 is 14.3 Å². The number of aromatic nitrogens is 2. The van der Waals surface area contributed by atoms with Crippen LogP contribution in [0.5, 0.6) is 0 Å². The molecule has 0 aliphatic heterocycles. The molecule has 0 saturated heterocycles. The van der Waals surface area contributed by atoms with E-state index in [-0.39, 0.29) is 18.4 Å². The quantitative estimate of drug-likeness (QED) is 0.699. The van der Waals surface area contributed by atoms with E-state index in [4.69, 9.17) is 4.74 Å². The minimum Gasteiger partial charge on any atom is -0.459 e. The number of hydrogen-bond donors (Lipinski definition) is 1. The van der Waals surface area contributed by atoms with Crippen LogP contribution in [0.2, 0.25) is 0 Å². The maximum atomic E-state index is 12.5. The van der Waals surface area contributed by atoms with Gasteiger partial charge >= 0.3 is 5.97 Å². The van der Waals surface area contributed by atoms with E-state index in [1.54, 1.807) is 17.8 Å². The van der Waals surface area contributed by atoms with Crippen LogP contribution in [0.4, 0.5) is 0 Å². The molecular formula is C19H22BrN3O3. The number of carbonyl (C=O) groups excluding carboxylic acids is 2. The SMILES string of the molecule is CC(=O)NC(C)(C(=O)OCc1cnn(Cc2ccc(Br)cc2)c1)C1CC1. The van der Waals surface area contributed by atoms with Crippen molar-refractivity contribution in [2.24, 2.45) is 5.92 Å². The Bertz CT molecular complexity index is 799. The Hall–Kier alpha value is -2.15. The van der Waals surface area contributed by atoms with Crippen molar-refractivity contribution in [2.75, 3.05) is 0 Å². The van der Waals surface area contributed by atoms with Crippen LogP contribution < -0.4 is 5.32 Å². The third kappa shape index (κ3) is 4.52. The van der Waals surface area contributed by atoms with Crippen molar-refractivity contribution in [3.05, 3.63) is 52.3 Å². The molecule has 1 aromatic carbocycles. The maximum absolute atomic E-state index is 12.5. The van der Waals surface area contributed by atoms with Gasteiger partial charge < -0.3 is 10.1 Å². The molecule has 1 N–H and O–H groups in total. The molecule has 26 heavy (non-hydrogen) atoms. The molecule has 1 aromatic heterocycles. The number of hydrogen-bond acceptors (Lipinski definition) is 4. The van der Waals surface area contributed by atoms with Gasteiger partial charge in [-0.15, -0.1) is 0 Å². The van der Waals surface area contributed by atoms with E-state index < -0.39 is 11.5 Å². The van der Waals surface area contributed by atoms with E-state index >= 15 is 0 Å². The van der Waals surface area contributed by atoms with Crippen LogP contribution in [0.15, 0.2) is 41.1 Å². The molecule has 2 aromatic rings. The van der Waals surface area contributed by atoms with Gasteiger partial charge in [0.1, 0.15) is 12.1 Å². The zero-order chi connectivity index (χ0) is 18.7. The Morgan fingerprint density at radius 3 is 2.62 bits per heavy atom. The highest BCUT2D eigenvalue weighted by Crippen LogP contribution is 2.40. The summed E-state index contributed by atoms with van der Waals surface area (Å²) in [7, 11) is 0.